The Morgan fingerprint density at radius 2 is 1.77 bits per heavy atom. The highest BCUT2D eigenvalue weighted by Gasteiger charge is 2.26. The Morgan fingerprint density at radius 3 is 2.48 bits per heavy atom. The maximum atomic E-state index is 13.8. The number of benzene rings is 3. The first kappa shape index (κ1) is 21.2. The van der Waals surface area contributed by atoms with Crippen LogP contribution in [0.15, 0.2) is 71.6 Å². The molecule has 0 bridgehead atoms. The standard InChI is InChI=1S/C24H22N2O3S2/c1-28-18-12-7-11-17(22(18)29-2)23(27)26(15-16-9-5-4-6-10-16)24-25-21-19(30-3)13-8-14-20(21)31-24/h4-14H,15H2,1-3H3. The number of ether oxygens (including phenoxy) is 2. The Bertz CT molecular complexity index is 1210. The van der Waals surface area contributed by atoms with Crippen LogP contribution in [0.2, 0.25) is 0 Å². The van der Waals surface area contributed by atoms with Crippen LogP contribution < -0.4 is 14.4 Å². The van der Waals surface area contributed by atoms with Gasteiger partial charge < -0.3 is 9.47 Å². The molecule has 0 unspecified atom stereocenters. The third-order valence-corrected chi connectivity index (χ3v) is 6.70. The molecule has 158 valence electrons. The average molecular weight is 451 g/mol. The summed E-state index contributed by atoms with van der Waals surface area (Å²) >= 11 is 3.16. The van der Waals surface area contributed by atoms with Crippen molar-refractivity contribution in [1.29, 1.82) is 0 Å². The highest BCUT2D eigenvalue weighted by atomic mass is 32.2. The second-order valence-corrected chi connectivity index (χ2v) is 8.58. The minimum atomic E-state index is -0.190. The van der Waals surface area contributed by atoms with Crippen molar-refractivity contribution in [3.63, 3.8) is 0 Å². The topological polar surface area (TPSA) is 51.7 Å². The fourth-order valence-electron chi connectivity index (χ4n) is 3.38. The summed E-state index contributed by atoms with van der Waals surface area (Å²) < 4.78 is 12.0. The number of rotatable bonds is 7. The summed E-state index contributed by atoms with van der Waals surface area (Å²) in [5, 5.41) is 0.648. The lowest BCUT2D eigenvalue weighted by Gasteiger charge is -2.22. The molecule has 0 radical (unpaired) electrons. The number of anilines is 1. The van der Waals surface area contributed by atoms with Gasteiger partial charge in [-0.2, -0.15) is 0 Å². The molecule has 1 heterocycles. The molecule has 0 saturated carbocycles. The zero-order valence-corrected chi connectivity index (χ0v) is 19.1. The van der Waals surface area contributed by atoms with Crippen LogP contribution in [0.25, 0.3) is 10.2 Å². The summed E-state index contributed by atoms with van der Waals surface area (Å²) in [7, 11) is 3.10. The fraction of sp³-hybridized carbons (Fsp3) is 0.167. The SMILES string of the molecule is COc1cccc(C(=O)N(Cc2ccccc2)c2nc3c(SC)cccc3s2)c1OC. The van der Waals surface area contributed by atoms with Crippen molar-refractivity contribution in [2.24, 2.45) is 0 Å². The third-order valence-electron chi connectivity index (χ3n) is 4.88. The molecule has 31 heavy (non-hydrogen) atoms. The molecule has 0 fully saturated rings. The zero-order valence-electron chi connectivity index (χ0n) is 17.5. The van der Waals surface area contributed by atoms with Crippen LogP contribution in [0.3, 0.4) is 0 Å². The zero-order chi connectivity index (χ0) is 21.8. The van der Waals surface area contributed by atoms with E-state index in [0.717, 1.165) is 20.7 Å². The van der Waals surface area contributed by atoms with Gasteiger partial charge in [0.25, 0.3) is 5.91 Å². The Labute approximate surface area is 189 Å². The lowest BCUT2D eigenvalue weighted by Crippen LogP contribution is -2.30. The van der Waals surface area contributed by atoms with Gasteiger partial charge in [-0.05, 0) is 36.1 Å². The first-order valence-corrected chi connectivity index (χ1v) is 11.7. The molecule has 0 aliphatic rings. The van der Waals surface area contributed by atoms with Gasteiger partial charge in [0.2, 0.25) is 0 Å². The molecule has 0 N–H and O–H groups in total. The number of hydrogen-bond acceptors (Lipinski definition) is 6. The minimum Gasteiger partial charge on any atom is -0.493 e. The number of thiazole rings is 1. The largest absolute Gasteiger partial charge is 0.493 e. The van der Waals surface area contributed by atoms with Gasteiger partial charge in [0, 0.05) is 4.90 Å². The molecule has 4 rings (SSSR count). The van der Waals surface area contributed by atoms with Gasteiger partial charge in [0.15, 0.2) is 16.6 Å². The van der Waals surface area contributed by atoms with E-state index in [9.17, 15) is 4.79 Å². The highest BCUT2D eigenvalue weighted by Crippen LogP contribution is 2.37. The lowest BCUT2D eigenvalue weighted by molar-refractivity contribution is 0.0981. The normalized spacial score (nSPS) is 10.8. The van der Waals surface area contributed by atoms with Gasteiger partial charge in [-0.25, -0.2) is 4.98 Å². The van der Waals surface area contributed by atoms with Crippen LogP contribution in [0.5, 0.6) is 11.5 Å². The molecule has 0 spiro atoms. The number of aromatic nitrogens is 1. The predicted octanol–water partition coefficient (Wildman–Crippen LogP) is 5.88. The van der Waals surface area contributed by atoms with E-state index in [1.165, 1.54) is 11.3 Å². The van der Waals surface area contributed by atoms with E-state index in [0.29, 0.717) is 28.7 Å². The fourth-order valence-corrected chi connectivity index (χ4v) is 5.00. The molecule has 1 amide bonds. The second kappa shape index (κ2) is 9.41. The van der Waals surface area contributed by atoms with Crippen molar-refractivity contribution in [3.8, 4) is 11.5 Å². The van der Waals surface area contributed by atoms with Crippen molar-refractivity contribution < 1.29 is 14.3 Å². The van der Waals surface area contributed by atoms with Crippen LogP contribution >= 0.6 is 23.1 Å². The monoisotopic (exact) mass is 450 g/mol. The Balaban J connectivity index is 1.83. The molecule has 4 aromatic rings. The van der Waals surface area contributed by atoms with Gasteiger partial charge in [-0.3, -0.25) is 9.69 Å². The van der Waals surface area contributed by atoms with Crippen LogP contribution in [-0.4, -0.2) is 31.4 Å². The van der Waals surface area contributed by atoms with Crippen LogP contribution in [0, 0.1) is 0 Å². The number of carbonyl (C=O) groups excluding carboxylic acids is 1. The van der Waals surface area contributed by atoms with Crippen LogP contribution in [0.1, 0.15) is 15.9 Å². The van der Waals surface area contributed by atoms with Crippen molar-refractivity contribution in [2.75, 3.05) is 25.4 Å². The Morgan fingerprint density at radius 1 is 1.00 bits per heavy atom. The van der Waals surface area contributed by atoms with E-state index >= 15 is 0 Å². The van der Waals surface area contributed by atoms with E-state index in [2.05, 4.69) is 0 Å². The van der Waals surface area contributed by atoms with Gasteiger partial charge >= 0.3 is 0 Å². The summed E-state index contributed by atoms with van der Waals surface area (Å²) in [6, 6.07) is 21.3. The highest BCUT2D eigenvalue weighted by molar-refractivity contribution is 7.98. The average Bonchev–Trinajstić information content (AvgIpc) is 3.26. The molecule has 0 aliphatic heterocycles. The maximum absolute atomic E-state index is 13.8. The molecule has 1 aromatic heterocycles. The van der Waals surface area contributed by atoms with Crippen LogP contribution in [0.4, 0.5) is 5.13 Å². The molecule has 0 aliphatic carbocycles. The number of para-hydroxylation sites is 2. The summed E-state index contributed by atoms with van der Waals surface area (Å²) in [6.45, 7) is 0.397. The van der Waals surface area contributed by atoms with E-state index in [1.807, 2.05) is 54.8 Å². The first-order valence-electron chi connectivity index (χ1n) is 9.66. The smallest absolute Gasteiger partial charge is 0.264 e. The van der Waals surface area contributed by atoms with Crippen molar-refractivity contribution in [2.45, 2.75) is 11.4 Å². The van der Waals surface area contributed by atoms with Gasteiger partial charge in [-0.1, -0.05) is 53.8 Å². The Hall–Kier alpha value is -3.03. The maximum Gasteiger partial charge on any atom is 0.264 e. The first-order chi connectivity index (χ1) is 15.2. The third kappa shape index (κ3) is 4.24. The number of methoxy groups -OCH3 is 2. The molecule has 5 nitrogen and oxygen atoms in total. The second-order valence-electron chi connectivity index (χ2n) is 6.72. The molecular weight excluding hydrogens is 428 g/mol. The molecule has 0 atom stereocenters. The van der Waals surface area contributed by atoms with Gasteiger partial charge in [0.1, 0.15) is 0 Å². The number of carbonyl (C=O) groups is 1. The summed E-state index contributed by atoms with van der Waals surface area (Å²) in [4.78, 5) is 21.4. The molecule has 3 aromatic carbocycles. The molecule has 7 heteroatoms. The summed E-state index contributed by atoms with van der Waals surface area (Å²) in [6.07, 6.45) is 2.03. The molecular formula is C24H22N2O3S2. The lowest BCUT2D eigenvalue weighted by atomic mass is 10.1. The van der Waals surface area contributed by atoms with Gasteiger partial charge in [0.05, 0.1) is 36.5 Å². The van der Waals surface area contributed by atoms with Gasteiger partial charge in [-0.15, -0.1) is 11.8 Å². The van der Waals surface area contributed by atoms with Crippen molar-refractivity contribution in [1.82, 2.24) is 4.98 Å². The van der Waals surface area contributed by atoms with Crippen LogP contribution in [-0.2, 0) is 6.54 Å². The quantitative estimate of drug-likeness (QED) is 0.329. The predicted molar refractivity (Wildman–Crippen MR) is 128 cm³/mol. The number of amides is 1. The minimum absolute atomic E-state index is 0.190. The van der Waals surface area contributed by atoms with Crippen molar-refractivity contribution in [3.05, 3.63) is 77.9 Å². The van der Waals surface area contributed by atoms with E-state index in [4.69, 9.17) is 14.5 Å². The number of nitrogens with zero attached hydrogens (tertiary/aromatic N) is 2. The Kier molecular flexibility index (Phi) is 6.44. The summed E-state index contributed by atoms with van der Waals surface area (Å²) in [5.41, 5.74) is 2.36. The van der Waals surface area contributed by atoms with E-state index in [-0.39, 0.29) is 5.91 Å². The number of thioether (sulfide) groups is 1. The summed E-state index contributed by atoms with van der Waals surface area (Å²) in [5.74, 6) is 0.741. The number of fused-ring (bicyclic) bond motifs is 1. The van der Waals surface area contributed by atoms with E-state index < -0.39 is 0 Å². The number of hydrogen-bond donors (Lipinski definition) is 0. The van der Waals surface area contributed by atoms with Crippen molar-refractivity contribution >= 4 is 44.4 Å². The molecule has 0 saturated heterocycles. The van der Waals surface area contributed by atoms with E-state index in [1.54, 1.807) is 49.1 Å².